The predicted octanol–water partition coefficient (Wildman–Crippen LogP) is 4.75. The number of nitrogens with zero attached hydrogens (tertiary/aromatic N) is 1. The molecule has 0 aliphatic carbocycles. The quantitative estimate of drug-likeness (QED) is 0.741. The zero-order valence-electron chi connectivity index (χ0n) is 16.9. The van der Waals surface area contributed by atoms with Crippen molar-refractivity contribution in [1.29, 1.82) is 0 Å². The zero-order chi connectivity index (χ0) is 20.8. The highest BCUT2D eigenvalue weighted by Crippen LogP contribution is 2.23. The molecular weight excluding hydrogens is 388 g/mol. The van der Waals surface area contributed by atoms with Crippen molar-refractivity contribution < 1.29 is 14.3 Å². The number of ether oxygens (including phenoxy) is 1. The van der Waals surface area contributed by atoms with Crippen LogP contribution in [0.5, 0.6) is 5.75 Å². The molecule has 1 fully saturated rings. The van der Waals surface area contributed by atoms with Crippen LogP contribution in [0, 0.1) is 11.8 Å². The Labute approximate surface area is 177 Å². The van der Waals surface area contributed by atoms with Gasteiger partial charge in [0.2, 0.25) is 11.8 Å². The first-order valence-corrected chi connectivity index (χ1v) is 10.4. The summed E-state index contributed by atoms with van der Waals surface area (Å²) in [6.45, 7) is 5.48. The molecular formula is C23H27ClN2O3. The second-order valence-corrected chi connectivity index (χ2v) is 8.06. The third kappa shape index (κ3) is 5.73. The maximum absolute atomic E-state index is 12.6. The van der Waals surface area contributed by atoms with Crippen molar-refractivity contribution in [2.45, 2.75) is 33.3 Å². The van der Waals surface area contributed by atoms with E-state index >= 15 is 0 Å². The molecule has 2 amide bonds. The highest BCUT2D eigenvalue weighted by Gasteiger charge is 2.28. The van der Waals surface area contributed by atoms with Crippen LogP contribution in [0.4, 0.5) is 5.69 Å². The average Bonchev–Trinajstić information content (AvgIpc) is 2.73. The second-order valence-electron chi connectivity index (χ2n) is 7.65. The van der Waals surface area contributed by atoms with Crippen LogP contribution < -0.4 is 10.1 Å². The van der Waals surface area contributed by atoms with Gasteiger partial charge in [-0.3, -0.25) is 9.59 Å². The smallest absolute Gasteiger partial charge is 0.227 e. The summed E-state index contributed by atoms with van der Waals surface area (Å²) in [5, 5.41) is 3.65. The lowest BCUT2D eigenvalue weighted by Crippen LogP contribution is -2.43. The van der Waals surface area contributed by atoms with Crippen molar-refractivity contribution in [3.05, 3.63) is 59.1 Å². The van der Waals surface area contributed by atoms with Crippen molar-refractivity contribution in [2.75, 3.05) is 18.4 Å². The summed E-state index contributed by atoms with van der Waals surface area (Å²) in [4.78, 5) is 26.5. The maximum Gasteiger partial charge on any atom is 0.227 e. The van der Waals surface area contributed by atoms with Gasteiger partial charge in [-0.15, -0.1) is 0 Å². The summed E-state index contributed by atoms with van der Waals surface area (Å²) in [6, 6.07) is 14.9. The number of anilines is 1. The second kappa shape index (κ2) is 9.79. The van der Waals surface area contributed by atoms with Crippen LogP contribution in [0.15, 0.2) is 48.5 Å². The molecule has 2 aromatic rings. The molecule has 6 heteroatoms. The SMILES string of the molecule is CC(C)C(=O)N1CCC(C(=O)Nc2ccc(OCc3ccccc3Cl)cc2)CC1. The van der Waals surface area contributed by atoms with E-state index in [1.165, 1.54) is 0 Å². The average molecular weight is 415 g/mol. The number of halogens is 1. The Morgan fingerprint density at radius 2 is 1.76 bits per heavy atom. The van der Waals surface area contributed by atoms with Crippen LogP contribution in [-0.2, 0) is 16.2 Å². The van der Waals surface area contributed by atoms with Crippen LogP contribution in [0.1, 0.15) is 32.3 Å². The largest absolute Gasteiger partial charge is 0.489 e. The third-order valence-corrected chi connectivity index (χ3v) is 5.51. The lowest BCUT2D eigenvalue weighted by Gasteiger charge is -2.32. The fourth-order valence-corrected chi connectivity index (χ4v) is 3.57. The summed E-state index contributed by atoms with van der Waals surface area (Å²) in [7, 11) is 0. The minimum absolute atomic E-state index is 0.000901. The van der Waals surface area contributed by atoms with Gasteiger partial charge in [0.1, 0.15) is 12.4 Å². The first-order chi connectivity index (χ1) is 13.9. The van der Waals surface area contributed by atoms with E-state index in [9.17, 15) is 9.59 Å². The molecule has 0 spiro atoms. The van der Waals surface area contributed by atoms with Gasteiger partial charge in [0, 0.05) is 41.2 Å². The molecule has 29 heavy (non-hydrogen) atoms. The number of carbonyl (C=O) groups excluding carboxylic acids is 2. The fraction of sp³-hybridized carbons (Fsp3) is 0.391. The van der Waals surface area contributed by atoms with E-state index in [2.05, 4.69) is 5.32 Å². The van der Waals surface area contributed by atoms with E-state index in [0.29, 0.717) is 43.3 Å². The number of amides is 2. The first kappa shape index (κ1) is 21.2. The van der Waals surface area contributed by atoms with Gasteiger partial charge >= 0.3 is 0 Å². The Morgan fingerprint density at radius 3 is 2.38 bits per heavy atom. The van der Waals surface area contributed by atoms with E-state index in [0.717, 1.165) is 11.3 Å². The van der Waals surface area contributed by atoms with Gasteiger partial charge in [0.15, 0.2) is 0 Å². The predicted molar refractivity (Wildman–Crippen MR) is 115 cm³/mol. The normalized spacial score (nSPS) is 14.7. The molecule has 1 aliphatic rings. The number of likely N-dealkylation sites (tertiary alicyclic amines) is 1. The minimum Gasteiger partial charge on any atom is -0.489 e. The van der Waals surface area contributed by atoms with Gasteiger partial charge in [-0.05, 0) is 43.2 Å². The standard InChI is InChI=1S/C23H27ClN2O3/c1-16(2)23(28)26-13-11-17(12-14-26)22(27)25-19-7-9-20(10-8-19)29-15-18-5-3-4-6-21(18)24/h3-10,16-17H,11-15H2,1-2H3,(H,25,27). The highest BCUT2D eigenvalue weighted by atomic mass is 35.5. The van der Waals surface area contributed by atoms with Crippen molar-refractivity contribution in [3.8, 4) is 5.75 Å². The third-order valence-electron chi connectivity index (χ3n) is 5.15. The molecule has 154 valence electrons. The molecule has 1 N–H and O–H groups in total. The molecule has 0 unspecified atom stereocenters. The molecule has 0 saturated carbocycles. The zero-order valence-corrected chi connectivity index (χ0v) is 17.6. The molecule has 3 rings (SSSR count). The maximum atomic E-state index is 12.6. The number of rotatable bonds is 6. The van der Waals surface area contributed by atoms with Crippen LogP contribution >= 0.6 is 11.6 Å². The van der Waals surface area contributed by atoms with E-state index in [-0.39, 0.29) is 23.7 Å². The minimum atomic E-state index is -0.0673. The molecule has 1 heterocycles. The number of benzene rings is 2. The Kier molecular flexibility index (Phi) is 7.15. The summed E-state index contributed by atoms with van der Waals surface area (Å²) in [5.41, 5.74) is 1.66. The summed E-state index contributed by atoms with van der Waals surface area (Å²) < 4.78 is 5.77. The molecule has 2 aromatic carbocycles. The lowest BCUT2D eigenvalue weighted by molar-refractivity contribution is -0.137. The van der Waals surface area contributed by atoms with Gasteiger partial charge in [-0.2, -0.15) is 0 Å². The van der Waals surface area contributed by atoms with Crippen LogP contribution in [0.3, 0.4) is 0 Å². The summed E-state index contributed by atoms with van der Waals surface area (Å²) in [6.07, 6.45) is 1.40. The molecule has 5 nitrogen and oxygen atoms in total. The summed E-state index contributed by atoms with van der Waals surface area (Å²) >= 11 is 6.14. The molecule has 0 aromatic heterocycles. The molecule has 1 aliphatic heterocycles. The number of hydrogen-bond donors (Lipinski definition) is 1. The van der Waals surface area contributed by atoms with Gasteiger partial charge in [-0.1, -0.05) is 43.6 Å². The Hall–Kier alpha value is -2.53. The Bertz CT molecular complexity index is 843. The van der Waals surface area contributed by atoms with E-state index < -0.39 is 0 Å². The lowest BCUT2D eigenvalue weighted by atomic mass is 9.95. The number of hydrogen-bond acceptors (Lipinski definition) is 3. The monoisotopic (exact) mass is 414 g/mol. The van der Waals surface area contributed by atoms with Gasteiger partial charge < -0.3 is 15.0 Å². The Morgan fingerprint density at radius 1 is 1.10 bits per heavy atom. The van der Waals surface area contributed by atoms with Gasteiger partial charge in [0.05, 0.1) is 0 Å². The van der Waals surface area contributed by atoms with E-state index in [4.69, 9.17) is 16.3 Å². The van der Waals surface area contributed by atoms with Gasteiger partial charge in [0.25, 0.3) is 0 Å². The number of carbonyl (C=O) groups is 2. The van der Waals surface area contributed by atoms with Crippen molar-refractivity contribution in [3.63, 3.8) is 0 Å². The van der Waals surface area contributed by atoms with Crippen molar-refractivity contribution >= 4 is 29.1 Å². The highest BCUT2D eigenvalue weighted by molar-refractivity contribution is 6.31. The van der Waals surface area contributed by atoms with Crippen molar-refractivity contribution in [2.24, 2.45) is 11.8 Å². The van der Waals surface area contributed by atoms with Crippen molar-refractivity contribution in [1.82, 2.24) is 4.90 Å². The molecule has 0 atom stereocenters. The first-order valence-electron chi connectivity index (χ1n) is 10.00. The van der Waals surface area contributed by atoms with E-state index in [1.54, 1.807) is 0 Å². The number of nitrogens with one attached hydrogen (secondary N) is 1. The van der Waals surface area contributed by atoms with E-state index in [1.807, 2.05) is 67.3 Å². The Balaban J connectivity index is 1.48. The fourth-order valence-electron chi connectivity index (χ4n) is 3.38. The van der Waals surface area contributed by atoms with Crippen LogP contribution in [0.25, 0.3) is 0 Å². The summed E-state index contributed by atoms with van der Waals surface area (Å²) in [5.74, 6) is 0.812. The van der Waals surface area contributed by atoms with Gasteiger partial charge in [-0.25, -0.2) is 0 Å². The topological polar surface area (TPSA) is 58.6 Å². The molecule has 1 saturated heterocycles. The molecule has 0 radical (unpaired) electrons. The molecule has 0 bridgehead atoms. The number of piperidine rings is 1. The van der Waals surface area contributed by atoms with Crippen LogP contribution in [0.2, 0.25) is 5.02 Å². The van der Waals surface area contributed by atoms with Crippen LogP contribution in [-0.4, -0.2) is 29.8 Å².